The Balaban J connectivity index is 1.32. The van der Waals surface area contributed by atoms with E-state index in [4.69, 9.17) is 9.47 Å². The van der Waals surface area contributed by atoms with Gasteiger partial charge in [-0.25, -0.2) is 15.0 Å². The van der Waals surface area contributed by atoms with Gasteiger partial charge < -0.3 is 14.4 Å². The van der Waals surface area contributed by atoms with Crippen molar-refractivity contribution in [2.75, 3.05) is 13.1 Å². The van der Waals surface area contributed by atoms with Gasteiger partial charge in [0.2, 0.25) is 5.88 Å². The highest BCUT2D eigenvalue weighted by Gasteiger charge is 2.29. The molecule has 4 aromatic rings. The van der Waals surface area contributed by atoms with Gasteiger partial charge in [0, 0.05) is 49.4 Å². The second-order valence-corrected chi connectivity index (χ2v) is 8.37. The molecule has 35 heavy (non-hydrogen) atoms. The first-order valence-electron chi connectivity index (χ1n) is 11.6. The molecule has 1 fully saturated rings. The Bertz CT molecular complexity index is 1310. The van der Waals surface area contributed by atoms with E-state index < -0.39 is 0 Å². The van der Waals surface area contributed by atoms with E-state index in [1.165, 1.54) is 0 Å². The molecule has 1 aliphatic rings. The number of nitrogens with zero attached hydrogens (tertiary/aromatic N) is 5. The molecular formula is C27H25N5O3. The lowest BCUT2D eigenvalue weighted by Gasteiger charge is -2.33. The van der Waals surface area contributed by atoms with Gasteiger partial charge in [-0.1, -0.05) is 24.3 Å². The second-order valence-electron chi connectivity index (χ2n) is 8.37. The predicted molar refractivity (Wildman–Crippen MR) is 130 cm³/mol. The number of likely N-dealkylation sites (tertiary alicyclic amines) is 1. The van der Waals surface area contributed by atoms with Crippen LogP contribution in [0.2, 0.25) is 0 Å². The highest BCUT2D eigenvalue weighted by molar-refractivity contribution is 5.94. The molecule has 1 atom stereocenters. The van der Waals surface area contributed by atoms with E-state index in [1.807, 2.05) is 36.1 Å². The third kappa shape index (κ3) is 5.27. The number of rotatable bonds is 6. The fraction of sp³-hybridized carbons (Fsp3) is 0.222. The maximum absolute atomic E-state index is 13.4. The fourth-order valence-electron chi connectivity index (χ4n) is 4.17. The molecule has 0 bridgehead atoms. The first kappa shape index (κ1) is 22.5. The SMILES string of the molecule is Cc1ccccc1Oc1nccnc1[C@@H]1CCCN(C(=O)c2cccc(Oc3ncccn3)c2)C1. The van der Waals surface area contributed by atoms with Crippen LogP contribution in [0.1, 0.15) is 40.4 Å². The van der Waals surface area contributed by atoms with Crippen LogP contribution in [0, 0.1) is 6.92 Å². The van der Waals surface area contributed by atoms with Crippen molar-refractivity contribution in [3.05, 3.63) is 96.2 Å². The molecule has 0 aliphatic carbocycles. The van der Waals surface area contributed by atoms with Gasteiger partial charge in [0.15, 0.2) is 0 Å². The number of piperidine rings is 1. The maximum atomic E-state index is 13.4. The molecule has 0 N–H and O–H groups in total. The zero-order chi connectivity index (χ0) is 24.0. The minimum atomic E-state index is -0.0561. The summed E-state index contributed by atoms with van der Waals surface area (Å²) >= 11 is 0. The van der Waals surface area contributed by atoms with Crippen LogP contribution in [0.25, 0.3) is 0 Å². The number of hydrogen-bond acceptors (Lipinski definition) is 7. The van der Waals surface area contributed by atoms with Crippen molar-refractivity contribution < 1.29 is 14.3 Å². The Labute approximate surface area is 203 Å². The fourth-order valence-corrected chi connectivity index (χ4v) is 4.17. The Morgan fingerprint density at radius 1 is 0.914 bits per heavy atom. The van der Waals surface area contributed by atoms with Crippen LogP contribution in [0.4, 0.5) is 0 Å². The molecular weight excluding hydrogens is 442 g/mol. The van der Waals surface area contributed by atoms with Gasteiger partial charge in [0.05, 0.1) is 0 Å². The predicted octanol–water partition coefficient (Wildman–Crippen LogP) is 5.18. The molecule has 5 rings (SSSR count). The van der Waals surface area contributed by atoms with Crippen molar-refractivity contribution in [2.24, 2.45) is 0 Å². The van der Waals surface area contributed by atoms with Gasteiger partial charge >= 0.3 is 6.01 Å². The molecule has 8 heteroatoms. The smallest absolute Gasteiger partial charge is 0.321 e. The summed E-state index contributed by atoms with van der Waals surface area (Å²) < 4.78 is 11.8. The van der Waals surface area contributed by atoms with Gasteiger partial charge in [0.1, 0.15) is 17.2 Å². The normalized spacial score (nSPS) is 15.5. The van der Waals surface area contributed by atoms with Crippen LogP contribution in [-0.4, -0.2) is 43.8 Å². The van der Waals surface area contributed by atoms with E-state index in [0.717, 1.165) is 29.8 Å². The monoisotopic (exact) mass is 467 g/mol. The van der Waals surface area contributed by atoms with Crippen molar-refractivity contribution in [3.63, 3.8) is 0 Å². The molecule has 0 spiro atoms. The minimum absolute atomic E-state index is 0.0255. The zero-order valence-electron chi connectivity index (χ0n) is 19.4. The third-order valence-electron chi connectivity index (χ3n) is 5.92. The molecule has 1 saturated heterocycles. The number of aryl methyl sites for hydroxylation is 1. The molecule has 2 aromatic carbocycles. The topological polar surface area (TPSA) is 90.3 Å². The molecule has 0 saturated carbocycles. The first-order valence-corrected chi connectivity index (χ1v) is 11.6. The Hall–Kier alpha value is -4.33. The van der Waals surface area contributed by atoms with Crippen molar-refractivity contribution in [3.8, 4) is 23.4 Å². The van der Waals surface area contributed by atoms with Crippen LogP contribution >= 0.6 is 0 Å². The third-order valence-corrected chi connectivity index (χ3v) is 5.92. The molecule has 3 heterocycles. The number of carbonyl (C=O) groups is 1. The quantitative estimate of drug-likeness (QED) is 0.386. The van der Waals surface area contributed by atoms with Crippen molar-refractivity contribution in [1.29, 1.82) is 0 Å². The van der Waals surface area contributed by atoms with E-state index >= 15 is 0 Å². The lowest BCUT2D eigenvalue weighted by Crippen LogP contribution is -2.39. The molecule has 0 unspecified atom stereocenters. The molecule has 176 valence electrons. The summed E-state index contributed by atoms with van der Waals surface area (Å²) in [6.45, 7) is 3.21. The molecule has 2 aromatic heterocycles. The summed E-state index contributed by atoms with van der Waals surface area (Å²) in [7, 11) is 0. The van der Waals surface area contributed by atoms with Crippen molar-refractivity contribution in [1.82, 2.24) is 24.8 Å². The number of benzene rings is 2. The molecule has 1 amide bonds. The van der Waals surface area contributed by atoms with Gasteiger partial charge in [-0.3, -0.25) is 9.78 Å². The standard InChI is InChI=1S/C27H25N5O3/c1-19-7-2-3-11-23(19)35-25-24(28-14-15-29-25)21-9-5-16-32(18-21)26(33)20-8-4-10-22(17-20)34-27-30-12-6-13-31-27/h2-4,6-8,10-15,17,21H,5,9,16,18H2,1H3/t21-/m1/s1. The minimum Gasteiger partial charge on any atom is -0.437 e. The molecule has 0 radical (unpaired) electrons. The summed E-state index contributed by atoms with van der Waals surface area (Å²) in [5.74, 6) is 1.71. The maximum Gasteiger partial charge on any atom is 0.321 e. The van der Waals surface area contributed by atoms with E-state index in [0.29, 0.717) is 30.3 Å². The summed E-state index contributed by atoms with van der Waals surface area (Å²) in [6, 6.07) is 16.8. The summed E-state index contributed by atoms with van der Waals surface area (Å²) in [4.78, 5) is 32.4. The van der Waals surface area contributed by atoms with E-state index in [2.05, 4.69) is 19.9 Å². The van der Waals surface area contributed by atoms with Crippen LogP contribution in [0.15, 0.2) is 79.4 Å². The number of para-hydroxylation sites is 1. The van der Waals surface area contributed by atoms with Crippen molar-refractivity contribution >= 4 is 5.91 Å². The largest absolute Gasteiger partial charge is 0.437 e. The second kappa shape index (κ2) is 10.3. The van der Waals surface area contributed by atoms with Gasteiger partial charge in [-0.05, 0) is 55.7 Å². The zero-order valence-corrected chi connectivity index (χ0v) is 19.4. The summed E-state index contributed by atoms with van der Waals surface area (Å²) in [6.07, 6.45) is 8.29. The van der Waals surface area contributed by atoms with Crippen LogP contribution in [-0.2, 0) is 0 Å². The number of carbonyl (C=O) groups excluding carboxylic acids is 1. The Kier molecular flexibility index (Phi) is 6.61. The number of amides is 1. The average Bonchev–Trinajstić information content (AvgIpc) is 2.91. The number of aromatic nitrogens is 4. The van der Waals surface area contributed by atoms with Gasteiger partial charge in [0.25, 0.3) is 5.91 Å². The molecule has 8 nitrogen and oxygen atoms in total. The lowest BCUT2D eigenvalue weighted by molar-refractivity contribution is 0.0704. The Morgan fingerprint density at radius 3 is 2.60 bits per heavy atom. The number of ether oxygens (including phenoxy) is 2. The number of hydrogen-bond donors (Lipinski definition) is 0. The highest BCUT2D eigenvalue weighted by Crippen LogP contribution is 2.34. The van der Waals surface area contributed by atoms with Crippen LogP contribution < -0.4 is 9.47 Å². The summed E-state index contributed by atoms with van der Waals surface area (Å²) in [5.41, 5.74) is 2.34. The van der Waals surface area contributed by atoms with E-state index in [9.17, 15) is 4.79 Å². The first-order chi connectivity index (χ1) is 17.2. The average molecular weight is 468 g/mol. The lowest BCUT2D eigenvalue weighted by atomic mass is 9.94. The van der Waals surface area contributed by atoms with Crippen LogP contribution in [0.5, 0.6) is 23.4 Å². The summed E-state index contributed by atoms with van der Waals surface area (Å²) in [5, 5.41) is 0. The van der Waals surface area contributed by atoms with Crippen LogP contribution in [0.3, 0.4) is 0 Å². The van der Waals surface area contributed by atoms with Gasteiger partial charge in [-0.15, -0.1) is 0 Å². The highest BCUT2D eigenvalue weighted by atomic mass is 16.5. The Morgan fingerprint density at radius 2 is 1.74 bits per heavy atom. The van der Waals surface area contributed by atoms with E-state index in [-0.39, 0.29) is 17.8 Å². The molecule has 1 aliphatic heterocycles. The van der Waals surface area contributed by atoms with Crippen molar-refractivity contribution in [2.45, 2.75) is 25.7 Å². The van der Waals surface area contributed by atoms with E-state index in [1.54, 1.807) is 55.1 Å². The van der Waals surface area contributed by atoms with Gasteiger partial charge in [-0.2, -0.15) is 0 Å².